The van der Waals surface area contributed by atoms with Gasteiger partial charge in [0.15, 0.2) is 0 Å². The first-order valence-corrected chi connectivity index (χ1v) is 15.4. The lowest BCUT2D eigenvalue weighted by molar-refractivity contribution is 0.481. The van der Waals surface area contributed by atoms with Crippen molar-refractivity contribution in [1.82, 2.24) is 0 Å². The first-order valence-electron chi connectivity index (χ1n) is 29.9. The topological polar surface area (TPSA) is 33.4 Å². The second-order valence-electron chi connectivity index (χ2n) is 11.5. The molecule has 0 radical (unpaired) electrons. The number of hydrogen-bond acceptors (Lipinski definition) is 2. The van der Waals surface area contributed by atoms with Gasteiger partial charge in [-0.1, -0.05) is 145 Å². The Morgan fingerprint density at radius 3 is 1.65 bits per heavy atom. The van der Waals surface area contributed by atoms with Crippen LogP contribution in [0.25, 0.3) is 109 Å². The number of furan rings is 1. The van der Waals surface area contributed by atoms with E-state index in [0.717, 1.165) is 0 Å². The molecule has 1 aromatic heterocycles. The zero-order valence-corrected chi connectivity index (χ0v) is 25.9. The highest BCUT2D eigenvalue weighted by molar-refractivity contribution is 6.26. The summed E-state index contributed by atoms with van der Waals surface area (Å²) < 4.78 is 270. The zero-order valence-electron chi connectivity index (χ0n) is 54.9. The molecule has 2 heteroatoms. The second kappa shape index (κ2) is 11.1. The highest BCUT2D eigenvalue weighted by Gasteiger charge is 2.21. The Hall–Kier alpha value is -6.90. The number of hydrogen-bond donors (Lipinski definition) is 1. The first-order chi connectivity index (χ1) is 37.8. The third kappa shape index (κ3) is 4.19. The third-order valence-corrected chi connectivity index (χ3v) is 8.74. The van der Waals surface area contributed by atoms with Crippen LogP contribution in [0.3, 0.4) is 0 Å². The summed E-state index contributed by atoms with van der Waals surface area (Å²) in [6.07, 6.45) is 0. The average molecular weight is 692 g/mol. The van der Waals surface area contributed by atoms with Gasteiger partial charge in [0.1, 0.15) is 16.9 Å². The molecule has 0 saturated carbocycles. The molecule has 10 aromatic carbocycles. The standard InChI is InChI=1S/C50H30O2/c51-45-21-9-12-33-28-44-47(29-43(33)45)52-46-22-10-20-41(50(44)46)49-39-18-7-5-16-37(39)48(38-17-6-8-19-40(38)49)31-25-23-30(24-26-31)42-27-32-11-1-2-13-34(32)35-14-3-4-15-36(35)42/h1-29,51H/i1D,2D,3D,4D,5D,6D,7D,8D,9D,10D,11D,12D,13D,14D,15D,16D,17D,18D,19D,20D,21D,22D,23D,24D,25D,26D,27D,28D,29D. The molecule has 0 fully saturated rings. The Bertz CT molecular complexity index is 4820. The van der Waals surface area contributed by atoms with E-state index in [1.165, 1.54) is 0 Å². The van der Waals surface area contributed by atoms with Gasteiger partial charge in [0, 0.05) is 16.2 Å². The van der Waals surface area contributed by atoms with Gasteiger partial charge in [-0.2, -0.15) is 0 Å². The molecule has 0 unspecified atom stereocenters. The minimum absolute atomic E-state index is 0.533. The van der Waals surface area contributed by atoms with Gasteiger partial charge in [-0.3, -0.25) is 0 Å². The van der Waals surface area contributed by atoms with E-state index in [1.807, 2.05) is 0 Å². The maximum absolute atomic E-state index is 11.1. The fourth-order valence-corrected chi connectivity index (χ4v) is 6.56. The number of phenolic OH excluding ortho intramolecular Hbond substituents is 1. The van der Waals surface area contributed by atoms with Crippen LogP contribution in [0.5, 0.6) is 5.75 Å². The van der Waals surface area contributed by atoms with Crippen molar-refractivity contribution >= 4 is 75.8 Å². The van der Waals surface area contributed by atoms with Crippen molar-refractivity contribution in [3.8, 4) is 39.1 Å². The zero-order chi connectivity index (χ0) is 59.6. The van der Waals surface area contributed by atoms with E-state index in [0.29, 0.717) is 0 Å². The van der Waals surface area contributed by atoms with Crippen LogP contribution in [0.15, 0.2) is 180 Å². The highest BCUT2D eigenvalue weighted by Crippen LogP contribution is 2.48. The van der Waals surface area contributed by atoms with Gasteiger partial charge < -0.3 is 9.52 Å². The first kappa shape index (κ1) is 12.4. The Balaban J connectivity index is 1.40. The van der Waals surface area contributed by atoms with Crippen molar-refractivity contribution in [2.45, 2.75) is 0 Å². The van der Waals surface area contributed by atoms with Crippen LogP contribution in [0.4, 0.5) is 0 Å². The Labute approximate surface area is 340 Å². The fraction of sp³-hybridized carbons (Fsp3) is 0. The van der Waals surface area contributed by atoms with E-state index in [9.17, 15) is 21.6 Å². The molecule has 11 rings (SSSR count). The van der Waals surface area contributed by atoms with Gasteiger partial charge in [0.2, 0.25) is 0 Å². The van der Waals surface area contributed by atoms with Crippen molar-refractivity contribution in [3.63, 3.8) is 0 Å². The summed E-state index contributed by atoms with van der Waals surface area (Å²) in [6, 6.07) is -27.9. The molecule has 0 aliphatic rings. The molecule has 0 spiro atoms. The summed E-state index contributed by atoms with van der Waals surface area (Å²) >= 11 is 0. The molecule has 0 aliphatic heterocycles. The van der Waals surface area contributed by atoms with Gasteiger partial charge in [0.25, 0.3) is 0 Å². The predicted octanol–water partition coefficient (Wildman–Crippen LogP) is 14.1. The molecule has 0 saturated heterocycles. The average Bonchev–Trinajstić information content (AvgIpc) is 2.49. The lowest BCUT2D eigenvalue weighted by Crippen LogP contribution is -1.91. The second-order valence-corrected chi connectivity index (χ2v) is 11.5. The van der Waals surface area contributed by atoms with E-state index >= 15 is 0 Å². The molecule has 2 nitrogen and oxygen atoms in total. The smallest absolute Gasteiger partial charge is 0.136 e. The van der Waals surface area contributed by atoms with Crippen LogP contribution in [0, 0.1) is 0 Å². The number of fused-ring (bicyclic) bond motifs is 9. The van der Waals surface area contributed by atoms with Gasteiger partial charge in [-0.05, 0) is 112 Å². The molecule has 1 heterocycles. The lowest BCUT2D eigenvalue weighted by atomic mass is 9.84. The van der Waals surface area contributed by atoms with Crippen LogP contribution >= 0.6 is 0 Å². The maximum Gasteiger partial charge on any atom is 0.136 e. The quantitative estimate of drug-likeness (QED) is 0.148. The van der Waals surface area contributed by atoms with Crippen LogP contribution in [-0.4, -0.2) is 5.11 Å². The van der Waals surface area contributed by atoms with Crippen molar-refractivity contribution in [2.24, 2.45) is 0 Å². The van der Waals surface area contributed by atoms with Crippen LogP contribution in [-0.2, 0) is 0 Å². The van der Waals surface area contributed by atoms with Crippen LogP contribution in [0.1, 0.15) is 39.8 Å². The van der Waals surface area contributed by atoms with E-state index in [-0.39, 0.29) is 0 Å². The Morgan fingerprint density at radius 2 is 0.923 bits per heavy atom. The molecule has 0 aliphatic carbocycles. The molecule has 0 bridgehead atoms. The molecule has 0 atom stereocenters. The molecular formula is C50H30O2. The SMILES string of the molecule is [2H]c1c([2H])c(-c2c([2H])c3c([2H])c([2H])c([2H])c([2H])c3c3c([2H])c([2H])c([2H])c([2H])c23)c([2H])c([2H])c1-c1c2c([2H])c([2H])c([2H])c([2H])c2c(-c2c([2H])c([2H])c([2H])c3oc4c([2H])c5c(O)c([2H])c([2H])c([2H])c5c([2H])c4c23)c2c([2H])c([2H])c([2H])c([2H])c12. The summed E-state index contributed by atoms with van der Waals surface area (Å²) in [4.78, 5) is 0. The summed E-state index contributed by atoms with van der Waals surface area (Å²) in [5.74, 6) is -1.00. The Kier molecular flexibility index (Phi) is 2.64. The summed E-state index contributed by atoms with van der Waals surface area (Å²) in [5.41, 5.74) is -6.20. The molecule has 11 aromatic rings. The van der Waals surface area contributed by atoms with E-state index in [1.54, 1.807) is 0 Å². The molecule has 52 heavy (non-hydrogen) atoms. The van der Waals surface area contributed by atoms with Crippen LogP contribution in [0.2, 0.25) is 0 Å². The predicted molar refractivity (Wildman–Crippen MR) is 219 cm³/mol. The number of rotatable bonds is 3. The van der Waals surface area contributed by atoms with Crippen molar-refractivity contribution in [3.05, 3.63) is 175 Å². The highest BCUT2D eigenvalue weighted by atomic mass is 16.3. The fourth-order valence-electron chi connectivity index (χ4n) is 6.56. The summed E-state index contributed by atoms with van der Waals surface area (Å²) in [6.45, 7) is 0. The van der Waals surface area contributed by atoms with Gasteiger partial charge in [-0.15, -0.1) is 0 Å². The van der Waals surface area contributed by atoms with E-state index in [4.69, 9.17) is 27.7 Å². The van der Waals surface area contributed by atoms with Gasteiger partial charge in [-0.25, -0.2) is 0 Å². The maximum atomic E-state index is 11.1. The van der Waals surface area contributed by atoms with E-state index < -0.39 is 290 Å². The van der Waals surface area contributed by atoms with Gasteiger partial charge in [0.05, 0.1) is 39.8 Å². The minimum atomic E-state index is -1.16. The molecule has 242 valence electrons. The molecule has 1 N–H and O–H groups in total. The van der Waals surface area contributed by atoms with Crippen molar-refractivity contribution in [2.75, 3.05) is 0 Å². The normalized spacial score (nSPS) is 19.7. The minimum Gasteiger partial charge on any atom is -0.507 e. The lowest BCUT2D eigenvalue weighted by Gasteiger charge is -2.18. The summed E-state index contributed by atoms with van der Waals surface area (Å²) in [5, 5.41) is 3.17. The molecular weight excluding hydrogens is 633 g/mol. The van der Waals surface area contributed by atoms with Crippen LogP contribution < -0.4 is 0 Å². The largest absolute Gasteiger partial charge is 0.507 e. The van der Waals surface area contributed by atoms with E-state index in [2.05, 4.69) is 0 Å². The number of benzene rings is 10. The van der Waals surface area contributed by atoms with Crippen molar-refractivity contribution < 1.29 is 49.3 Å². The summed E-state index contributed by atoms with van der Waals surface area (Å²) in [7, 11) is 0. The monoisotopic (exact) mass is 691 g/mol. The molecule has 0 amide bonds. The number of aromatic hydroxyl groups is 1. The third-order valence-electron chi connectivity index (χ3n) is 8.74. The Morgan fingerprint density at radius 1 is 0.365 bits per heavy atom. The number of phenols is 1. The van der Waals surface area contributed by atoms with Crippen molar-refractivity contribution in [1.29, 1.82) is 0 Å². The van der Waals surface area contributed by atoms with Gasteiger partial charge >= 0.3 is 0 Å².